The largest absolute Gasteiger partial charge is 0.482 e. The number of hydrogen-bond donors (Lipinski definition) is 1. The van der Waals surface area contributed by atoms with Crippen LogP contribution in [0.1, 0.15) is 6.92 Å². The van der Waals surface area contributed by atoms with Gasteiger partial charge in [-0.25, -0.2) is 8.78 Å². The molecule has 2 atom stereocenters. The molecule has 6 heteroatoms. The third-order valence-electron chi connectivity index (χ3n) is 3.23. The van der Waals surface area contributed by atoms with Gasteiger partial charge in [-0.1, -0.05) is 12.1 Å². The van der Waals surface area contributed by atoms with Crippen molar-refractivity contribution in [3.63, 3.8) is 0 Å². The number of benzene rings is 2. The SMILES string of the molecule is C[C@H]1Oc2ccccc2O[C@@H]1C(=O)Nc1cc(F)cc(F)c1. The lowest BCUT2D eigenvalue weighted by molar-refractivity contribution is -0.128. The maximum absolute atomic E-state index is 13.1. The fourth-order valence-electron chi connectivity index (χ4n) is 2.25. The molecule has 114 valence electrons. The van der Waals surface area contributed by atoms with E-state index < -0.39 is 29.7 Å². The van der Waals surface area contributed by atoms with E-state index in [2.05, 4.69) is 5.32 Å². The maximum Gasteiger partial charge on any atom is 0.269 e. The van der Waals surface area contributed by atoms with Gasteiger partial charge in [0.1, 0.15) is 17.7 Å². The molecular weight excluding hydrogens is 292 g/mol. The number of carbonyl (C=O) groups excluding carboxylic acids is 1. The van der Waals surface area contributed by atoms with Crippen LogP contribution in [0.4, 0.5) is 14.5 Å². The fourth-order valence-corrected chi connectivity index (χ4v) is 2.25. The summed E-state index contributed by atoms with van der Waals surface area (Å²) in [5.74, 6) is -1.07. The van der Waals surface area contributed by atoms with Crippen LogP contribution in [0.25, 0.3) is 0 Å². The van der Waals surface area contributed by atoms with E-state index in [1.165, 1.54) is 0 Å². The van der Waals surface area contributed by atoms with Crippen molar-refractivity contribution in [2.24, 2.45) is 0 Å². The van der Waals surface area contributed by atoms with Gasteiger partial charge in [-0.3, -0.25) is 4.79 Å². The first-order valence-electron chi connectivity index (χ1n) is 6.72. The number of fused-ring (bicyclic) bond motifs is 1. The van der Waals surface area contributed by atoms with E-state index in [4.69, 9.17) is 9.47 Å². The number of para-hydroxylation sites is 2. The fraction of sp³-hybridized carbons (Fsp3) is 0.188. The first kappa shape index (κ1) is 14.3. The molecule has 3 rings (SSSR count). The molecule has 0 unspecified atom stereocenters. The Morgan fingerprint density at radius 3 is 2.27 bits per heavy atom. The van der Waals surface area contributed by atoms with Crippen LogP contribution in [0.5, 0.6) is 11.5 Å². The van der Waals surface area contributed by atoms with Crippen LogP contribution in [-0.2, 0) is 4.79 Å². The lowest BCUT2D eigenvalue weighted by Crippen LogP contribution is -2.46. The van der Waals surface area contributed by atoms with Crippen molar-refractivity contribution in [3.05, 3.63) is 54.1 Å². The summed E-state index contributed by atoms with van der Waals surface area (Å²) in [5.41, 5.74) is 0.0251. The Morgan fingerprint density at radius 1 is 1.05 bits per heavy atom. The van der Waals surface area contributed by atoms with E-state index in [1.54, 1.807) is 31.2 Å². The van der Waals surface area contributed by atoms with Crippen LogP contribution >= 0.6 is 0 Å². The number of nitrogens with one attached hydrogen (secondary N) is 1. The van der Waals surface area contributed by atoms with E-state index in [0.29, 0.717) is 11.5 Å². The molecule has 0 fully saturated rings. The van der Waals surface area contributed by atoms with Crippen molar-refractivity contribution in [2.75, 3.05) is 5.32 Å². The molecule has 1 aliphatic rings. The molecule has 0 bridgehead atoms. The molecular formula is C16H13F2NO3. The minimum Gasteiger partial charge on any atom is -0.482 e. The van der Waals surface area contributed by atoms with E-state index in [1.807, 2.05) is 0 Å². The monoisotopic (exact) mass is 305 g/mol. The van der Waals surface area contributed by atoms with Crippen LogP contribution in [-0.4, -0.2) is 18.1 Å². The Balaban J connectivity index is 1.78. The number of anilines is 1. The summed E-state index contributed by atoms with van der Waals surface area (Å²) >= 11 is 0. The lowest BCUT2D eigenvalue weighted by atomic mass is 10.1. The molecule has 0 saturated carbocycles. The van der Waals surface area contributed by atoms with Crippen LogP contribution in [0, 0.1) is 11.6 Å². The van der Waals surface area contributed by atoms with Crippen LogP contribution in [0.3, 0.4) is 0 Å². The van der Waals surface area contributed by atoms with Crippen LogP contribution in [0.2, 0.25) is 0 Å². The van der Waals surface area contributed by atoms with Crippen molar-refractivity contribution in [1.82, 2.24) is 0 Å². The first-order chi connectivity index (χ1) is 10.5. The van der Waals surface area contributed by atoms with E-state index in [-0.39, 0.29) is 5.69 Å². The molecule has 0 aliphatic carbocycles. The van der Waals surface area contributed by atoms with Crippen molar-refractivity contribution in [2.45, 2.75) is 19.1 Å². The molecule has 0 saturated heterocycles. The van der Waals surface area contributed by atoms with Gasteiger partial charge < -0.3 is 14.8 Å². The van der Waals surface area contributed by atoms with Gasteiger partial charge in [-0.15, -0.1) is 0 Å². The standard InChI is InChI=1S/C16H13F2NO3/c1-9-15(22-14-5-3-2-4-13(14)21-9)16(20)19-12-7-10(17)6-11(18)8-12/h2-9,15H,1H3,(H,19,20)/t9-,15+/m1/s1. The second-order valence-electron chi connectivity index (χ2n) is 4.96. The van der Waals surface area contributed by atoms with Gasteiger partial charge in [0.25, 0.3) is 5.91 Å². The highest BCUT2D eigenvalue weighted by atomic mass is 19.1. The van der Waals surface area contributed by atoms with Crippen molar-refractivity contribution >= 4 is 11.6 Å². The Kier molecular flexibility index (Phi) is 3.66. The highest BCUT2D eigenvalue weighted by molar-refractivity contribution is 5.95. The van der Waals surface area contributed by atoms with Gasteiger partial charge in [0.05, 0.1) is 0 Å². The summed E-state index contributed by atoms with van der Waals surface area (Å²) in [6.07, 6.45) is -1.45. The molecule has 1 N–H and O–H groups in total. The summed E-state index contributed by atoms with van der Waals surface area (Å²) in [7, 11) is 0. The Morgan fingerprint density at radius 2 is 1.64 bits per heavy atom. The van der Waals surface area contributed by atoms with Gasteiger partial charge in [-0.05, 0) is 31.2 Å². The molecule has 1 heterocycles. The second kappa shape index (κ2) is 5.63. The number of ether oxygens (including phenoxy) is 2. The minimum absolute atomic E-state index is 0.0251. The first-order valence-corrected chi connectivity index (χ1v) is 6.72. The normalized spacial score (nSPS) is 19.6. The predicted molar refractivity (Wildman–Crippen MR) is 75.9 cm³/mol. The number of halogens is 2. The summed E-state index contributed by atoms with van der Waals surface area (Å²) in [4.78, 5) is 12.2. The zero-order valence-electron chi connectivity index (χ0n) is 11.7. The van der Waals surface area contributed by atoms with E-state index >= 15 is 0 Å². The smallest absolute Gasteiger partial charge is 0.269 e. The third kappa shape index (κ3) is 2.86. The van der Waals surface area contributed by atoms with E-state index in [9.17, 15) is 13.6 Å². The Bertz CT molecular complexity index is 700. The molecule has 1 amide bonds. The molecule has 2 aromatic rings. The van der Waals surface area contributed by atoms with Crippen molar-refractivity contribution in [1.29, 1.82) is 0 Å². The number of carbonyl (C=O) groups is 1. The average molecular weight is 305 g/mol. The molecule has 22 heavy (non-hydrogen) atoms. The number of hydrogen-bond acceptors (Lipinski definition) is 3. The number of amides is 1. The highest BCUT2D eigenvalue weighted by Crippen LogP contribution is 2.33. The minimum atomic E-state index is -0.916. The zero-order chi connectivity index (χ0) is 15.7. The quantitative estimate of drug-likeness (QED) is 0.927. The van der Waals surface area contributed by atoms with Gasteiger partial charge in [0.2, 0.25) is 6.10 Å². The molecule has 1 aliphatic heterocycles. The summed E-state index contributed by atoms with van der Waals surface area (Å²) in [6, 6.07) is 9.77. The average Bonchev–Trinajstić information content (AvgIpc) is 2.45. The molecule has 2 aromatic carbocycles. The summed E-state index contributed by atoms with van der Waals surface area (Å²) in [6.45, 7) is 1.69. The molecule has 0 aromatic heterocycles. The third-order valence-corrected chi connectivity index (χ3v) is 3.23. The molecule has 0 spiro atoms. The van der Waals surface area contributed by atoms with Crippen LogP contribution in [0.15, 0.2) is 42.5 Å². The van der Waals surface area contributed by atoms with Crippen molar-refractivity contribution < 1.29 is 23.0 Å². The maximum atomic E-state index is 13.1. The zero-order valence-corrected chi connectivity index (χ0v) is 11.7. The summed E-state index contributed by atoms with van der Waals surface area (Å²) in [5, 5.41) is 2.43. The van der Waals surface area contributed by atoms with E-state index in [0.717, 1.165) is 18.2 Å². The van der Waals surface area contributed by atoms with Gasteiger partial charge in [0.15, 0.2) is 11.5 Å². The topological polar surface area (TPSA) is 47.6 Å². The van der Waals surface area contributed by atoms with Gasteiger partial charge in [0, 0.05) is 11.8 Å². The van der Waals surface area contributed by atoms with Gasteiger partial charge in [-0.2, -0.15) is 0 Å². The Labute approximate surface area is 125 Å². The molecule has 0 radical (unpaired) electrons. The highest BCUT2D eigenvalue weighted by Gasteiger charge is 2.34. The lowest BCUT2D eigenvalue weighted by Gasteiger charge is -2.31. The van der Waals surface area contributed by atoms with Gasteiger partial charge >= 0.3 is 0 Å². The summed E-state index contributed by atoms with van der Waals surface area (Å²) < 4.78 is 37.5. The van der Waals surface area contributed by atoms with Crippen molar-refractivity contribution in [3.8, 4) is 11.5 Å². The second-order valence-corrected chi connectivity index (χ2v) is 4.96. The van der Waals surface area contributed by atoms with Crippen LogP contribution < -0.4 is 14.8 Å². The predicted octanol–water partition coefficient (Wildman–Crippen LogP) is 3.13. The molecule has 4 nitrogen and oxygen atoms in total. The Hall–Kier alpha value is -2.63. The number of rotatable bonds is 2.